The highest BCUT2D eigenvalue weighted by molar-refractivity contribution is 5.94. The quantitative estimate of drug-likeness (QED) is 0.682. The third-order valence-electron chi connectivity index (χ3n) is 2.11. The number of H-pyrrole nitrogens is 1. The lowest BCUT2D eigenvalue weighted by atomic mass is 10.1. The Morgan fingerprint density at radius 3 is 2.85 bits per heavy atom. The average Bonchev–Trinajstić information content (AvgIpc) is 2.44. The number of rotatable bonds is 1. The standard InChI is InChI=1S/C11H12N2/c1-2-5-9-8-6-3-4-7-10(8)13-11(9)12/h2-7,13H,12H2,1H3/b5-2-. The van der Waals surface area contributed by atoms with Gasteiger partial charge in [-0.1, -0.05) is 30.4 Å². The van der Waals surface area contributed by atoms with E-state index >= 15 is 0 Å². The number of aromatic nitrogens is 1. The second-order valence-electron chi connectivity index (χ2n) is 3.00. The van der Waals surface area contributed by atoms with Crippen LogP contribution < -0.4 is 5.73 Å². The summed E-state index contributed by atoms with van der Waals surface area (Å²) in [5, 5.41) is 1.18. The van der Waals surface area contributed by atoms with Crippen LogP contribution in [0.15, 0.2) is 30.3 Å². The Labute approximate surface area is 77.1 Å². The van der Waals surface area contributed by atoms with E-state index in [-0.39, 0.29) is 0 Å². The van der Waals surface area contributed by atoms with Crippen molar-refractivity contribution >= 4 is 22.8 Å². The number of hydrogen-bond donors (Lipinski definition) is 2. The van der Waals surface area contributed by atoms with Gasteiger partial charge in [-0.25, -0.2) is 0 Å². The maximum Gasteiger partial charge on any atom is 0.109 e. The number of nitrogens with one attached hydrogen (secondary N) is 1. The van der Waals surface area contributed by atoms with Crippen LogP contribution >= 0.6 is 0 Å². The number of hydrogen-bond acceptors (Lipinski definition) is 1. The van der Waals surface area contributed by atoms with Crippen LogP contribution in [-0.2, 0) is 0 Å². The minimum Gasteiger partial charge on any atom is -0.385 e. The molecule has 0 aliphatic heterocycles. The van der Waals surface area contributed by atoms with E-state index < -0.39 is 0 Å². The SMILES string of the molecule is C/C=C\c1c(N)[nH]c2ccccc12. The summed E-state index contributed by atoms with van der Waals surface area (Å²) in [4.78, 5) is 3.14. The van der Waals surface area contributed by atoms with E-state index in [1.54, 1.807) is 0 Å². The summed E-state index contributed by atoms with van der Waals surface area (Å²) in [5.41, 5.74) is 8.01. The van der Waals surface area contributed by atoms with Gasteiger partial charge in [0.25, 0.3) is 0 Å². The molecule has 1 aromatic carbocycles. The van der Waals surface area contributed by atoms with E-state index in [1.807, 2.05) is 37.3 Å². The summed E-state index contributed by atoms with van der Waals surface area (Å²) in [5.74, 6) is 0.735. The zero-order chi connectivity index (χ0) is 9.26. The van der Waals surface area contributed by atoms with Crippen molar-refractivity contribution in [1.82, 2.24) is 4.98 Å². The first-order valence-electron chi connectivity index (χ1n) is 4.32. The number of anilines is 1. The fourth-order valence-electron chi connectivity index (χ4n) is 1.53. The van der Waals surface area contributed by atoms with E-state index in [9.17, 15) is 0 Å². The van der Waals surface area contributed by atoms with Crippen LogP contribution in [-0.4, -0.2) is 4.98 Å². The largest absolute Gasteiger partial charge is 0.385 e. The van der Waals surface area contributed by atoms with Crippen LogP contribution in [0.3, 0.4) is 0 Å². The molecule has 0 saturated heterocycles. The molecule has 2 rings (SSSR count). The van der Waals surface area contributed by atoms with Crippen LogP contribution in [0.25, 0.3) is 17.0 Å². The molecule has 0 bridgehead atoms. The maximum atomic E-state index is 5.83. The molecule has 0 spiro atoms. The Kier molecular flexibility index (Phi) is 1.81. The molecule has 2 nitrogen and oxygen atoms in total. The van der Waals surface area contributed by atoms with Crippen molar-refractivity contribution in [3.05, 3.63) is 35.9 Å². The van der Waals surface area contributed by atoms with Crippen LogP contribution in [0.5, 0.6) is 0 Å². The van der Waals surface area contributed by atoms with Gasteiger partial charge in [0.15, 0.2) is 0 Å². The highest BCUT2D eigenvalue weighted by atomic mass is 14.8. The number of allylic oxidation sites excluding steroid dienone is 1. The highest BCUT2D eigenvalue weighted by Gasteiger charge is 2.03. The highest BCUT2D eigenvalue weighted by Crippen LogP contribution is 2.24. The van der Waals surface area contributed by atoms with Gasteiger partial charge in [0.2, 0.25) is 0 Å². The molecule has 1 aromatic heterocycles. The van der Waals surface area contributed by atoms with Crippen LogP contribution in [0.2, 0.25) is 0 Å². The fourth-order valence-corrected chi connectivity index (χ4v) is 1.53. The normalized spacial score (nSPS) is 11.5. The number of benzene rings is 1. The van der Waals surface area contributed by atoms with E-state index in [2.05, 4.69) is 11.1 Å². The van der Waals surface area contributed by atoms with Gasteiger partial charge in [-0.15, -0.1) is 0 Å². The number of para-hydroxylation sites is 1. The van der Waals surface area contributed by atoms with Crippen molar-refractivity contribution < 1.29 is 0 Å². The Balaban J connectivity index is 2.78. The monoisotopic (exact) mass is 172 g/mol. The number of nitrogen functional groups attached to an aromatic ring is 1. The van der Waals surface area contributed by atoms with Gasteiger partial charge < -0.3 is 10.7 Å². The molecule has 2 heteroatoms. The number of nitrogens with two attached hydrogens (primary N) is 1. The predicted molar refractivity (Wildman–Crippen MR) is 57.4 cm³/mol. The smallest absolute Gasteiger partial charge is 0.109 e. The molecule has 0 atom stereocenters. The molecule has 0 saturated carbocycles. The van der Waals surface area contributed by atoms with Crippen molar-refractivity contribution in [1.29, 1.82) is 0 Å². The van der Waals surface area contributed by atoms with Gasteiger partial charge in [0, 0.05) is 16.5 Å². The van der Waals surface area contributed by atoms with Crippen molar-refractivity contribution in [2.45, 2.75) is 6.92 Å². The van der Waals surface area contributed by atoms with Crippen LogP contribution in [0.4, 0.5) is 5.82 Å². The third kappa shape index (κ3) is 1.20. The van der Waals surface area contributed by atoms with Crippen molar-refractivity contribution in [3.63, 3.8) is 0 Å². The Morgan fingerprint density at radius 2 is 2.08 bits per heavy atom. The molecular weight excluding hydrogens is 160 g/mol. The minimum atomic E-state index is 0.735. The van der Waals surface area contributed by atoms with E-state index in [0.717, 1.165) is 16.9 Å². The van der Waals surface area contributed by atoms with Gasteiger partial charge in [-0.3, -0.25) is 0 Å². The molecule has 0 aliphatic rings. The van der Waals surface area contributed by atoms with Crippen LogP contribution in [0.1, 0.15) is 12.5 Å². The lowest BCUT2D eigenvalue weighted by molar-refractivity contribution is 1.47. The average molecular weight is 172 g/mol. The minimum absolute atomic E-state index is 0.735. The summed E-state index contributed by atoms with van der Waals surface area (Å²) < 4.78 is 0. The molecule has 0 unspecified atom stereocenters. The van der Waals surface area contributed by atoms with Crippen molar-refractivity contribution in [3.8, 4) is 0 Å². The molecule has 0 fully saturated rings. The van der Waals surface area contributed by atoms with E-state index in [4.69, 9.17) is 5.73 Å². The molecule has 0 radical (unpaired) electrons. The lowest BCUT2D eigenvalue weighted by Gasteiger charge is -1.90. The fraction of sp³-hybridized carbons (Fsp3) is 0.0909. The molecule has 13 heavy (non-hydrogen) atoms. The summed E-state index contributed by atoms with van der Waals surface area (Å²) in [6.45, 7) is 1.99. The summed E-state index contributed by atoms with van der Waals surface area (Å²) in [6.07, 6.45) is 4.01. The van der Waals surface area contributed by atoms with Gasteiger partial charge in [-0.05, 0) is 13.0 Å². The van der Waals surface area contributed by atoms with E-state index in [1.165, 1.54) is 5.39 Å². The zero-order valence-electron chi connectivity index (χ0n) is 7.54. The van der Waals surface area contributed by atoms with Gasteiger partial charge in [0.05, 0.1) is 0 Å². The Morgan fingerprint density at radius 1 is 1.31 bits per heavy atom. The number of aromatic amines is 1. The summed E-state index contributed by atoms with van der Waals surface area (Å²) in [6, 6.07) is 8.11. The Bertz CT molecular complexity index is 452. The summed E-state index contributed by atoms with van der Waals surface area (Å²) >= 11 is 0. The first-order chi connectivity index (χ1) is 6.33. The number of fused-ring (bicyclic) bond motifs is 1. The Hall–Kier alpha value is -1.70. The maximum absolute atomic E-state index is 5.83. The molecule has 1 heterocycles. The molecule has 0 amide bonds. The lowest BCUT2D eigenvalue weighted by Crippen LogP contribution is -1.85. The first kappa shape index (κ1) is 7.92. The second-order valence-corrected chi connectivity index (χ2v) is 3.00. The second kappa shape index (κ2) is 2.98. The molecule has 66 valence electrons. The van der Waals surface area contributed by atoms with Crippen molar-refractivity contribution in [2.75, 3.05) is 5.73 Å². The molecule has 0 aliphatic carbocycles. The summed E-state index contributed by atoms with van der Waals surface area (Å²) in [7, 11) is 0. The van der Waals surface area contributed by atoms with E-state index in [0.29, 0.717) is 0 Å². The molecule has 3 N–H and O–H groups in total. The third-order valence-corrected chi connectivity index (χ3v) is 2.11. The topological polar surface area (TPSA) is 41.8 Å². The first-order valence-corrected chi connectivity index (χ1v) is 4.32. The van der Waals surface area contributed by atoms with Crippen molar-refractivity contribution in [2.24, 2.45) is 0 Å². The zero-order valence-corrected chi connectivity index (χ0v) is 7.54. The van der Waals surface area contributed by atoms with Gasteiger partial charge >= 0.3 is 0 Å². The predicted octanol–water partition coefficient (Wildman–Crippen LogP) is 2.78. The molecule has 2 aromatic rings. The van der Waals surface area contributed by atoms with Gasteiger partial charge in [0.1, 0.15) is 5.82 Å². The van der Waals surface area contributed by atoms with Gasteiger partial charge in [-0.2, -0.15) is 0 Å². The van der Waals surface area contributed by atoms with Crippen LogP contribution in [0, 0.1) is 0 Å². The molecular formula is C11H12N2.